The Balaban J connectivity index is 2.19. The second-order valence-corrected chi connectivity index (χ2v) is 6.45. The smallest absolute Gasteiger partial charge is 0.371 e. The van der Waals surface area contributed by atoms with E-state index in [0.29, 0.717) is 0 Å². The Morgan fingerprint density at radius 2 is 1.82 bits per heavy atom. The second kappa shape index (κ2) is 5.68. The molecule has 0 N–H and O–H groups in total. The van der Waals surface area contributed by atoms with E-state index in [9.17, 15) is 17.6 Å². The predicted octanol–water partition coefficient (Wildman–Crippen LogP) is 2.57. The van der Waals surface area contributed by atoms with Crippen LogP contribution in [0.2, 0.25) is 0 Å². The predicted molar refractivity (Wildman–Crippen MR) is 72.4 cm³/mol. The lowest BCUT2D eigenvalue weighted by Gasteiger charge is -2.37. The average Bonchev–Trinajstić information content (AvgIpc) is 2.67. The zero-order valence-electron chi connectivity index (χ0n) is 13.0. The number of halogens is 4. The third kappa shape index (κ3) is 4.08. The Kier molecular flexibility index (Phi) is 4.38. The van der Waals surface area contributed by atoms with Crippen LogP contribution in [0.25, 0.3) is 0 Å². The van der Waals surface area contributed by atoms with E-state index in [1.807, 2.05) is 20.8 Å². The maximum atomic E-state index is 13.9. The van der Waals surface area contributed by atoms with Crippen molar-refractivity contribution in [1.82, 2.24) is 14.8 Å². The fraction of sp³-hybridized carbons (Fsp3) is 0.846. The molecular weight excluding hydrogens is 304 g/mol. The first-order chi connectivity index (χ1) is 9.95. The van der Waals surface area contributed by atoms with Gasteiger partial charge < -0.3 is 9.64 Å². The molecule has 0 unspecified atom stereocenters. The van der Waals surface area contributed by atoms with Crippen molar-refractivity contribution < 1.29 is 22.3 Å². The minimum absolute atomic E-state index is 0.00261. The Hall–Kier alpha value is -1.38. The monoisotopic (exact) mass is 324 g/mol. The number of aromatic nitrogens is 3. The van der Waals surface area contributed by atoms with Crippen LogP contribution in [-0.2, 0) is 18.0 Å². The van der Waals surface area contributed by atoms with Gasteiger partial charge in [-0.2, -0.15) is 18.2 Å². The van der Waals surface area contributed by atoms with Crippen molar-refractivity contribution in [2.24, 2.45) is 7.05 Å². The van der Waals surface area contributed by atoms with Crippen LogP contribution in [-0.4, -0.2) is 45.7 Å². The molecule has 0 spiro atoms. The molecule has 0 aromatic carbocycles. The summed E-state index contributed by atoms with van der Waals surface area (Å²) in [7, 11) is 1.36. The number of hydrogen-bond donors (Lipinski definition) is 0. The van der Waals surface area contributed by atoms with Crippen LogP contribution in [0.5, 0.6) is 0 Å². The molecule has 1 aliphatic heterocycles. The van der Waals surface area contributed by atoms with Gasteiger partial charge in [0.1, 0.15) is 6.17 Å². The van der Waals surface area contributed by atoms with Gasteiger partial charge in [-0.3, -0.25) is 0 Å². The van der Waals surface area contributed by atoms with E-state index in [4.69, 9.17) is 4.74 Å². The van der Waals surface area contributed by atoms with E-state index in [-0.39, 0.29) is 25.5 Å². The minimum Gasteiger partial charge on any atom is -0.371 e. The molecule has 0 radical (unpaired) electrons. The van der Waals surface area contributed by atoms with Crippen molar-refractivity contribution in [3.05, 3.63) is 5.82 Å². The zero-order chi connectivity index (χ0) is 16.7. The van der Waals surface area contributed by atoms with Crippen LogP contribution in [0.3, 0.4) is 0 Å². The van der Waals surface area contributed by atoms with Gasteiger partial charge in [0.25, 0.3) is 5.82 Å². The van der Waals surface area contributed by atoms with Gasteiger partial charge in [0.15, 0.2) is 0 Å². The summed E-state index contributed by atoms with van der Waals surface area (Å²) in [6.07, 6.45) is -6.00. The maximum Gasteiger partial charge on any atom is 0.453 e. The van der Waals surface area contributed by atoms with Gasteiger partial charge in [-0.05, 0) is 20.8 Å². The van der Waals surface area contributed by atoms with Gasteiger partial charge >= 0.3 is 6.18 Å². The Labute approximate surface area is 126 Å². The normalized spacial score (nSPS) is 23.9. The molecule has 1 aliphatic rings. The van der Waals surface area contributed by atoms with Crippen molar-refractivity contribution in [2.45, 2.75) is 51.2 Å². The van der Waals surface area contributed by atoms with Gasteiger partial charge in [0.2, 0.25) is 5.95 Å². The number of aryl methyl sites for hydroxylation is 1. The van der Waals surface area contributed by atoms with Crippen LogP contribution in [0.15, 0.2) is 0 Å². The Morgan fingerprint density at radius 3 is 2.32 bits per heavy atom. The number of anilines is 1. The van der Waals surface area contributed by atoms with Crippen molar-refractivity contribution in [3.63, 3.8) is 0 Å². The number of rotatable bonds is 2. The summed E-state index contributed by atoms with van der Waals surface area (Å²) < 4.78 is 58.7. The van der Waals surface area contributed by atoms with E-state index in [2.05, 4.69) is 10.1 Å². The second-order valence-electron chi connectivity index (χ2n) is 6.45. The first-order valence-corrected chi connectivity index (χ1v) is 7.01. The van der Waals surface area contributed by atoms with Gasteiger partial charge in [-0.25, -0.2) is 9.07 Å². The number of piperidine rings is 1. The first kappa shape index (κ1) is 17.0. The van der Waals surface area contributed by atoms with Crippen molar-refractivity contribution in [1.29, 1.82) is 0 Å². The highest BCUT2D eigenvalue weighted by atomic mass is 19.4. The van der Waals surface area contributed by atoms with E-state index >= 15 is 0 Å². The van der Waals surface area contributed by atoms with E-state index in [0.717, 1.165) is 4.68 Å². The molecule has 126 valence electrons. The fourth-order valence-corrected chi connectivity index (χ4v) is 2.51. The molecule has 1 aromatic heterocycles. The molecule has 2 heterocycles. The molecule has 5 nitrogen and oxygen atoms in total. The van der Waals surface area contributed by atoms with Gasteiger partial charge in [-0.15, -0.1) is 5.10 Å². The summed E-state index contributed by atoms with van der Waals surface area (Å²) in [5.41, 5.74) is -0.454. The molecule has 0 aliphatic carbocycles. The third-order valence-electron chi connectivity index (χ3n) is 3.16. The minimum atomic E-state index is -4.62. The molecule has 2 atom stereocenters. The van der Waals surface area contributed by atoms with Gasteiger partial charge in [0.05, 0.1) is 18.2 Å². The molecule has 0 bridgehead atoms. The Morgan fingerprint density at radius 1 is 1.18 bits per heavy atom. The number of alkyl halides is 4. The molecular formula is C13H20F4N4O. The maximum absolute atomic E-state index is 13.9. The highest BCUT2D eigenvalue weighted by Gasteiger charge is 2.39. The number of hydrogen-bond acceptors (Lipinski definition) is 4. The molecule has 0 saturated carbocycles. The van der Waals surface area contributed by atoms with Crippen LogP contribution >= 0.6 is 0 Å². The first-order valence-electron chi connectivity index (χ1n) is 7.01. The lowest BCUT2D eigenvalue weighted by molar-refractivity contribution is -0.144. The average molecular weight is 324 g/mol. The molecule has 22 heavy (non-hydrogen) atoms. The van der Waals surface area contributed by atoms with Crippen LogP contribution < -0.4 is 4.90 Å². The van der Waals surface area contributed by atoms with Crippen LogP contribution in [0.4, 0.5) is 23.5 Å². The van der Waals surface area contributed by atoms with Crippen molar-refractivity contribution in [2.75, 3.05) is 18.0 Å². The van der Waals surface area contributed by atoms with Crippen LogP contribution in [0, 0.1) is 0 Å². The summed E-state index contributed by atoms with van der Waals surface area (Å²) in [6, 6.07) is 0. The van der Waals surface area contributed by atoms with Gasteiger partial charge in [-0.1, -0.05) is 0 Å². The molecule has 1 saturated heterocycles. The van der Waals surface area contributed by atoms with E-state index < -0.39 is 29.9 Å². The molecule has 2 rings (SSSR count). The Bertz CT molecular complexity index is 523. The van der Waals surface area contributed by atoms with Crippen molar-refractivity contribution in [3.8, 4) is 0 Å². The number of ether oxygens (including phenoxy) is 1. The fourth-order valence-electron chi connectivity index (χ4n) is 2.51. The summed E-state index contributed by atoms with van der Waals surface area (Å²) >= 11 is 0. The highest BCUT2D eigenvalue weighted by molar-refractivity contribution is 5.32. The summed E-state index contributed by atoms with van der Waals surface area (Å²) in [6.45, 7) is 5.81. The highest BCUT2D eigenvalue weighted by Crippen LogP contribution is 2.30. The third-order valence-corrected chi connectivity index (χ3v) is 3.16. The summed E-state index contributed by atoms with van der Waals surface area (Å²) in [4.78, 5) is 4.95. The van der Waals surface area contributed by atoms with Crippen LogP contribution in [0.1, 0.15) is 33.0 Å². The molecule has 1 aromatic rings. The quantitative estimate of drug-likeness (QED) is 0.784. The standard InChI is InChI=1S/C13H20F4N4O/c1-12(2,3)22-9-5-8(14)6-21(7-9)11-18-10(13(15,16)17)19-20(11)4/h8-9H,5-7H2,1-4H3/t8-,9+/m1/s1. The summed E-state index contributed by atoms with van der Waals surface area (Å²) in [5, 5.41) is 3.36. The molecule has 0 amide bonds. The van der Waals surface area contributed by atoms with Gasteiger partial charge in [0, 0.05) is 20.0 Å². The topological polar surface area (TPSA) is 43.2 Å². The SMILES string of the molecule is Cn1nc(C(F)(F)F)nc1N1C[C@H](F)C[C@H](OC(C)(C)C)C1. The van der Waals surface area contributed by atoms with E-state index in [1.54, 1.807) is 0 Å². The lowest BCUT2D eigenvalue weighted by atomic mass is 10.1. The zero-order valence-corrected chi connectivity index (χ0v) is 13.0. The number of nitrogens with zero attached hydrogens (tertiary/aromatic N) is 4. The van der Waals surface area contributed by atoms with E-state index in [1.165, 1.54) is 11.9 Å². The largest absolute Gasteiger partial charge is 0.453 e. The molecule has 1 fully saturated rings. The van der Waals surface area contributed by atoms with Crippen molar-refractivity contribution >= 4 is 5.95 Å². The summed E-state index contributed by atoms with van der Waals surface area (Å²) in [5.74, 6) is -1.23. The molecule has 9 heteroatoms. The lowest BCUT2D eigenvalue weighted by Crippen LogP contribution is -2.48.